The summed E-state index contributed by atoms with van der Waals surface area (Å²) in [6.07, 6.45) is 0.538. The highest BCUT2D eigenvalue weighted by atomic mass is 16.6. The standard InChI is InChI=1S/C22H18N2O5/c1-14-11-19(24-29-14)27-13-20(25)28-22(15-7-3-2-4-8-15)21(26)17-12-23-18-10-6-5-9-16(17)18/h2-12,22-23H,13H2,1H3/t22-/m0/s1. The molecule has 2 heterocycles. The van der Waals surface area contributed by atoms with E-state index >= 15 is 0 Å². The summed E-state index contributed by atoms with van der Waals surface area (Å²) in [4.78, 5) is 28.7. The highest BCUT2D eigenvalue weighted by Gasteiger charge is 2.28. The van der Waals surface area contributed by atoms with Gasteiger partial charge in [-0.1, -0.05) is 48.5 Å². The number of ketones is 1. The Morgan fingerprint density at radius 3 is 2.62 bits per heavy atom. The Bertz CT molecular complexity index is 1150. The van der Waals surface area contributed by atoms with Gasteiger partial charge in [-0.05, 0) is 18.1 Å². The summed E-state index contributed by atoms with van der Waals surface area (Å²) in [7, 11) is 0. The van der Waals surface area contributed by atoms with Crippen LogP contribution < -0.4 is 4.74 Å². The summed E-state index contributed by atoms with van der Waals surface area (Å²) >= 11 is 0. The van der Waals surface area contributed by atoms with Crippen LogP contribution in [0.1, 0.15) is 27.8 Å². The smallest absolute Gasteiger partial charge is 0.345 e. The van der Waals surface area contributed by atoms with E-state index in [1.807, 2.05) is 30.3 Å². The first-order valence-corrected chi connectivity index (χ1v) is 9.02. The van der Waals surface area contributed by atoms with Crippen molar-refractivity contribution in [3.63, 3.8) is 0 Å². The van der Waals surface area contributed by atoms with Crippen LogP contribution in [0.2, 0.25) is 0 Å². The van der Waals surface area contributed by atoms with E-state index in [-0.39, 0.29) is 11.7 Å². The minimum atomic E-state index is -1.09. The molecule has 29 heavy (non-hydrogen) atoms. The highest BCUT2D eigenvalue weighted by Crippen LogP contribution is 2.27. The van der Waals surface area contributed by atoms with Crippen LogP contribution in [-0.2, 0) is 9.53 Å². The lowest BCUT2D eigenvalue weighted by atomic mass is 9.99. The van der Waals surface area contributed by atoms with Crippen molar-refractivity contribution in [2.75, 3.05) is 6.61 Å². The molecule has 1 atom stereocenters. The average molecular weight is 390 g/mol. The Morgan fingerprint density at radius 1 is 1.10 bits per heavy atom. The van der Waals surface area contributed by atoms with Gasteiger partial charge in [-0.15, -0.1) is 0 Å². The van der Waals surface area contributed by atoms with E-state index in [2.05, 4.69) is 10.1 Å². The molecule has 0 amide bonds. The number of fused-ring (bicyclic) bond motifs is 1. The largest absolute Gasteiger partial charge is 0.463 e. The van der Waals surface area contributed by atoms with Gasteiger partial charge in [0.1, 0.15) is 5.76 Å². The third-order valence-electron chi connectivity index (χ3n) is 4.39. The normalized spacial score (nSPS) is 11.9. The maximum atomic E-state index is 13.3. The summed E-state index contributed by atoms with van der Waals surface area (Å²) in [6, 6.07) is 17.9. The van der Waals surface area contributed by atoms with Crippen LogP contribution in [0.15, 0.2) is 71.4 Å². The maximum Gasteiger partial charge on any atom is 0.345 e. The van der Waals surface area contributed by atoms with Crippen molar-refractivity contribution in [1.82, 2.24) is 10.1 Å². The molecule has 4 rings (SSSR count). The van der Waals surface area contributed by atoms with Gasteiger partial charge in [0.25, 0.3) is 5.88 Å². The molecule has 0 aliphatic carbocycles. The zero-order chi connectivity index (χ0) is 20.2. The van der Waals surface area contributed by atoms with Crippen LogP contribution in [0.4, 0.5) is 0 Å². The zero-order valence-corrected chi connectivity index (χ0v) is 15.6. The Kier molecular flexibility index (Phi) is 5.11. The molecule has 0 aliphatic rings. The number of aromatic amines is 1. The first-order valence-electron chi connectivity index (χ1n) is 9.02. The molecule has 1 N–H and O–H groups in total. The third-order valence-corrected chi connectivity index (χ3v) is 4.39. The van der Waals surface area contributed by atoms with Gasteiger partial charge in [-0.25, -0.2) is 4.79 Å². The molecule has 0 saturated heterocycles. The van der Waals surface area contributed by atoms with E-state index in [0.29, 0.717) is 16.9 Å². The Morgan fingerprint density at radius 2 is 1.86 bits per heavy atom. The second-order valence-corrected chi connectivity index (χ2v) is 6.46. The van der Waals surface area contributed by atoms with E-state index < -0.39 is 18.7 Å². The minimum absolute atomic E-state index is 0.179. The van der Waals surface area contributed by atoms with Crippen molar-refractivity contribution in [3.05, 3.63) is 83.7 Å². The molecule has 2 aromatic carbocycles. The van der Waals surface area contributed by atoms with Gasteiger partial charge in [0, 0.05) is 34.3 Å². The molecule has 146 valence electrons. The molecule has 0 fully saturated rings. The van der Waals surface area contributed by atoms with Crippen molar-refractivity contribution in [2.24, 2.45) is 0 Å². The number of para-hydroxylation sites is 1. The lowest BCUT2D eigenvalue weighted by molar-refractivity contribution is -0.149. The minimum Gasteiger partial charge on any atom is -0.463 e. The lowest BCUT2D eigenvalue weighted by Crippen LogP contribution is -2.23. The van der Waals surface area contributed by atoms with Gasteiger partial charge in [0.2, 0.25) is 5.78 Å². The average Bonchev–Trinajstić information content (AvgIpc) is 3.36. The molecule has 2 aromatic heterocycles. The van der Waals surface area contributed by atoms with Crippen molar-refractivity contribution in [2.45, 2.75) is 13.0 Å². The predicted molar refractivity (Wildman–Crippen MR) is 105 cm³/mol. The number of carbonyl (C=O) groups is 2. The van der Waals surface area contributed by atoms with Gasteiger partial charge in [-0.3, -0.25) is 4.79 Å². The molecule has 0 aliphatic heterocycles. The SMILES string of the molecule is Cc1cc(OCC(=O)O[C@H](C(=O)c2c[nH]c3ccccc23)c2ccccc2)no1. The number of rotatable bonds is 7. The number of aromatic nitrogens is 2. The number of nitrogens with zero attached hydrogens (tertiary/aromatic N) is 1. The number of aryl methyl sites for hydroxylation is 1. The maximum absolute atomic E-state index is 13.3. The van der Waals surface area contributed by atoms with E-state index in [0.717, 1.165) is 10.9 Å². The molecular weight excluding hydrogens is 372 g/mol. The Hall–Kier alpha value is -3.87. The second kappa shape index (κ2) is 8.02. The van der Waals surface area contributed by atoms with Crippen LogP contribution in [0.3, 0.4) is 0 Å². The fourth-order valence-corrected chi connectivity index (χ4v) is 3.03. The number of ether oxygens (including phenoxy) is 2. The molecule has 0 unspecified atom stereocenters. The predicted octanol–water partition coefficient (Wildman–Crippen LogP) is 4.01. The van der Waals surface area contributed by atoms with Crippen LogP contribution in [0.25, 0.3) is 10.9 Å². The van der Waals surface area contributed by atoms with E-state index in [4.69, 9.17) is 14.0 Å². The number of H-pyrrole nitrogens is 1. The molecular formula is C22H18N2O5. The van der Waals surface area contributed by atoms with Crippen molar-refractivity contribution >= 4 is 22.7 Å². The molecule has 4 aromatic rings. The van der Waals surface area contributed by atoms with Gasteiger partial charge in [0.05, 0.1) is 0 Å². The Balaban J connectivity index is 1.56. The Labute approximate surface area is 166 Å². The quantitative estimate of drug-likeness (QED) is 0.378. The number of carbonyl (C=O) groups excluding carboxylic acids is 2. The number of nitrogens with one attached hydrogen (secondary N) is 1. The fourth-order valence-electron chi connectivity index (χ4n) is 3.03. The molecule has 0 radical (unpaired) electrons. The fraction of sp³-hybridized carbons (Fsp3) is 0.136. The summed E-state index contributed by atoms with van der Waals surface area (Å²) in [5.74, 6) is -0.268. The number of esters is 1. The molecule has 0 spiro atoms. The van der Waals surface area contributed by atoms with Crippen LogP contribution >= 0.6 is 0 Å². The lowest BCUT2D eigenvalue weighted by Gasteiger charge is -2.17. The van der Waals surface area contributed by atoms with Crippen LogP contribution in [-0.4, -0.2) is 28.5 Å². The van der Waals surface area contributed by atoms with Crippen LogP contribution in [0, 0.1) is 6.92 Å². The summed E-state index contributed by atoms with van der Waals surface area (Å²) in [5, 5.41) is 4.43. The number of hydrogen-bond donors (Lipinski definition) is 1. The van der Waals surface area contributed by atoms with E-state index in [1.54, 1.807) is 43.5 Å². The van der Waals surface area contributed by atoms with Crippen LogP contribution in [0.5, 0.6) is 5.88 Å². The monoisotopic (exact) mass is 390 g/mol. The summed E-state index contributed by atoms with van der Waals surface area (Å²) < 4.78 is 15.7. The van der Waals surface area contributed by atoms with Gasteiger partial charge in [-0.2, -0.15) is 0 Å². The number of Topliss-reactive ketones (excluding diaryl/α,β-unsaturated/α-hetero) is 1. The van der Waals surface area contributed by atoms with Gasteiger partial charge in [0.15, 0.2) is 12.7 Å². The topological polar surface area (TPSA) is 94.4 Å². The molecule has 0 bridgehead atoms. The summed E-state index contributed by atoms with van der Waals surface area (Å²) in [5.41, 5.74) is 1.86. The number of benzene rings is 2. The van der Waals surface area contributed by atoms with Gasteiger partial charge < -0.3 is 19.0 Å². The second-order valence-electron chi connectivity index (χ2n) is 6.46. The first kappa shape index (κ1) is 18.5. The van der Waals surface area contributed by atoms with Crippen molar-refractivity contribution < 1.29 is 23.6 Å². The molecule has 7 nitrogen and oxygen atoms in total. The first-order chi connectivity index (χ1) is 14.1. The van der Waals surface area contributed by atoms with Gasteiger partial charge >= 0.3 is 5.97 Å². The van der Waals surface area contributed by atoms with E-state index in [1.165, 1.54) is 0 Å². The van der Waals surface area contributed by atoms with Crippen molar-refractivity contribution in [3.8, 4) is 5.88 Å². The highest BCUT2D eigenvalue weighted by molar-refractivity contribution is 6.10. The third kappa shape index (κ3) is 4.03. The number of hydrogen-bond acceptors (Lipinski definition) is 6. The van der Waals surface area contributed by atoms with Crippen molar-refractivity contribution in [1.29, 1.82) is 0 Å². The zero-order valence-electron chi connectivity index (χ0n) is 15.6. The van der Waals surface area contributed by atoms with E-state index in [9.17, 15) is 9.59 Å². The molecule has 7 heteroatoms. The molecule has 0 saturated carbocycles. The summed E-state index contributed by atoms with van der Waals surface area (Å²) in [6.45, 7) is 1.32.